The summed E-state index contributed by atoms with van der Waals surface area (Å²) in [5.41, 5.74) is 1.25. The van der Waals surface area contributed by atoms with E-state index in [-0.39, 0.29) is 18.2 Å². The van der Waals surface area contributed by atoms with Crippen LogP contribution in [0.1, 0.15) is 23.1 Å². The topological polar surface area (TPSA) is 101 Å². The van der Waals surface area contributed by atoms with Gasteiger partial charge in [0.05, 0.1) is 0 Å². The van der Waals surface area contributed by atoms with Crippen LogP contribution in [0.25, 0.3) is 0 Å². The smallest absolute Gasteiger partial charge is 0.325 e. The van der Waals surface area contributed by atoms with E-state index in [0.717, 1.165) is 16.0 Å². The van der Waals surface area contributed by atoms with E-state index in [4.69, 9.17) is 4.74 Å². The fourth-order valence-corrected chi connectivity index (χ4v) is 4.42. The van der Waals surface area contributed by atoms with Gasteiger partial charge in [0.1, 0.15) is 23.7 Å². The van der Waals surface area contributed by atoms with Gasteiger partial charge in [-0.05, 0) is 42.2 Å². The van der Waals surface area contributed by atoms with Crippen molar-refractivity contribution in [2.24, 2.45) is 0 Å². The van der Waals surface area contributed by atoms with Crippen molar-refractivity contribution in [3.63, 3.8) is 0 Å². The normalized spacial score (nSPS) is 18.7. The molecule has 1 aliphatic carbocycles. The van der Waals surface area contributed by atoms with E-state index >= 15 is 0 Å². The molecule has 2 aliphatic rings. The summed E-state index contributed by atoms with van der Waals surface area (Å²) in [5, 5.41) is 5.50. The number of carbonyl (C=O) groups excluding carboxylic acids is 3. The number of imide groups is 1. The molecule has 1 aromatic heterocycles. The summed E-state index contributed by atoms with van der Waals surface area (Å²) in [5.74, 6) is -0.890. The molecule has 2 N–H and O–H groups in total. The maximum Gasteiger partial charge on any atom is 0.325 e. The average molecular weight is 460 g/mol. The predicted molar refractivity (Wildman–Crippen MR) is 119 cm³/mol. The van der Waals surface area contributed by atoms with Crippen LogP contribution in [-0.2, 0) is 28.1 Å². The second kappa shape index (κ2) is 8.58. The van der Waals surface area contributed by atoms with Crippen LogP contribution in [0.15, 0.2) is 66.9 Å². The highest BCUT2D eigenvalue weighted by atomic mass is 19.1. The van der Waals surface area contributed by atoms with Gasteiger partial charge in [-0.1, -0.05) is 36.4 Å². The van der Waals surface area contributed by atoms with Crippen molar-refractivity contribution in [2.45, 2.75) is 24.9 Å². The van der Waals surface area contributed by atoms with Crippen molar-refractivity contribution >= 4 is 17.8 Å². The lowest BCUT2D eigenvalue weighted by molar-refractivity contribution is -0.135. The highest BCUT2D eigenvalue weighted by Crippen LogP contribution is 2.41. The first-order valence-electron chi connectivity index (χ1n) is 10.8. The maximum atomic E-state index is 13.5. The Hall–Kier alpha value is -4.27. The molecule has 1 fully saturated rings. The fourth-order valence-electron chi connectivity index (χ4n) is 4.42. The number of amides is 4. The third-order valence-electron chi connectivity index (χ3n) is 6.06. The highest BCUT2D eigenvalue weighted by molar-refractivity contribution is 6.09. The second-order valence-electron chi connectivity index (χ2n) is 8.19. The molecular formula is C25H21FN4O4. The number of pyridine rings is 1. The molecule has 1 aliphatic heterocycles. The molecule has 3 aromatic rings. The van der Waals surface area contributed by atoms with Crippen molar-refractivity contribution < 1.29 is 23.5 Å². The summed E-state index contributed by atoms with van der Waals surface area (Å²) >= 11 is 0. The number of benzene rings is 2. The number of fused-ring (bicyclic) bond motifs is 2. The summed E-state index contributed by atoms with van der Waals surface area (Å²) in [6, 6.07) is 15.9. The van der Waals surface area contributed by atoms with Crippen LogP contribution in [0.3, 0.4) is 0 Å². The Bertz CT molecular complexity index is 1300. The Balaban J connectivity index is 1.25. The molecule has 172 valence electrons. The number of aryl methyl sites for hydroxylation is 1. The first-order chi connectivity index (χ1) is 16.5. The Morgan fingerprint density at radius 1 is 1.15 bits per heavy atom. The van der Waals surface area contributed by atoms with Crippen molar-refractivity contribution in [1.29, 1.82) is 0 Å². The van der Waals surface area contributed by atoms with Crippen LogP contribution >= 0.6 is 0 Å². The fraction of sp³-hybridized carbons (Fsp3) is 0.200. The highest BCUT2D eigenvalue weighted by Gasteiger charge is 2.55. The molecule has 2 heterocycles. The molecule has 2 aromatic carbocycles. The largest absolute Gasteiger partial charge is 0.439 e. The van der Waals surface area contributed by atoms with E-state index in [9.17, 15) is 18.8 Å². The minimum Gasteiger partial charge on any atom is -0.439 e. The standard InChI is InChI=1S/C25H21FN4O4/c26-18-7-3-8-19(13-18)34-22-17(6-4-12-27-22)14-28-21(31)15-30-23(32)25(29-24(30)33)11-10-16-5-1-2-9-20(16)25/h1-9,12-13H,10-11,14-15H2,(H,28,31)(H,29,33). The minimum atomic E-state index is -1.11. The zero-order chi connectivity index (χ0) is 23.7. The number of urea groups is 1. The van der Waals surface area contributed by atoms with Gasteiger partial charge in [-0.15, -0.1) is 0 Å². The molecule has 5 rings (SSSR count). The van der Waals surface area contributed by atoms with Gasteiger partial charge < -0.3 is 15.4 Å². The van der Waals surface area contributed by atoms with Crippen molar-refractivity contribution in [2.75, 3.05) is 6.54 Å². The molecule has 0 bridgehead atoms. The Morgan fingerprint density at radius 3 is 2.85 bits per heavy atom. The second-order valence-corrected chi connectivity index (χ2v) is 8.19. The molecule has 1 unspecified atom stereocenters. The van der Waals surface area contributed by atoms with Crippen LogP contribution in [0.4, 0.5) is 9.18 Å². The SMILES string of the molecule is O=C(CN1C(=O)NC2(CCc3ccccc32)C1=O)NCc1cccnc1Oc1cccc(F)c1. The van der Waals surface area contributed by atoms with Crippen LogP contribution in [0.5, 0.6) is 11.6 Å². The van der Waals surface area contributed by atoms with E-state index < -0.39 is 35.7 Å². The molecule has 1 spiro atoms. The number of hydrogen-bond acceptors (Lipinski definition) is 5. The van der Waals surface area contributed by atoms with Gasteiger partial charge in [-0.3, -0.25) is 14.5 Å². The molecular weight excluding hydrogens is 439 g/mol. The predicted octanol–water partition coefficient (Wildman–Crippen LogP) is 3.02. The van der Waals surface area contributed by atoms with Gasteiger partial charge in [-0.2, -0.15) is 0 Å². The third kappa shape index (κ3) is 3.85. The first kappa shape index (κ1) is 21.6. The molecule has 4 amide bonds. The van der Waals surface area contributed by atoms with E-state index in [2.05, 4.69) is 15.6 Å². The summed E-state index contributed by atoms with van der Waals surface area (Å²) in [6.45, 7) is -0.357. The van der Waals surface area contributed by atoms with Gasteiger partial charge in [0.2, 0.25) is 11.8 Å². The van der Waals surface area contributed by atoms with E-state index in [0.29, 0.717) is 18.4 Å². The van der Waals surface area contributed by atoms with Gasteiger partial charge in [0.15, 0.2) is 0 Å². The lowest BCUT2D eigenvalue weighted by Crippen LogP contribution is -2.43. The monoisotopic (exact) mass is 460 g/mol. The summed E-state index contributed by atoms with van der Waals surface area (Å²) < 4.78 is 19.1. The Morgan fingerprint density at radius 2 is 2.00 bits per heavy atom. The quantitative estimate of drug-likeness (QED) is 0.551. The number of carbonyl (C=O) groups is 3. The van der Waals surface area contributed by atoms with Gasteiger partial charge in [0.25, 0.3) is 5.91 Å². The molecule has 0 radical (unpaired) electrons. The zero-order valence-corrected chi connectivity index (χ0v) is 18.1. The molecule has 1 saturated heterocycles. The van der Waals surface area contributed by atoms with Gasteiger partial charge >= 0.3 is 6.03 Å². The molecule has 0 saturated carbocycles. The molecule has 8 nitrogen and oxygen atoms in total. The number of nitrogens with zero attached hydrogens (tertiary/aromatic N) is 2. The van der Waals surface area contributed by atoms with E-state index in [1.54, 1.807) is 18.2 Å². The summed E-state index contributed by atoms with van der Waals surface area (Å²) in [4.78, 5) is 43.5. The Labute approximate surface area is 194 Å². The Kier molecular flexibility index (Phi) is 5.45. The van der Waals surface area contributed by atoms with E-state index in [1.807, 2.05) is 24.3 Å². The van der Waals surface area contributed by atoms with Crippen LogP contribution < -0.4 is 15.4 Å². The summed E-state index contributed by atoms with van der Waals surface area (Å²) in [7, 11) is 0. The number of ether oxygens (including phenoxy) is 1. The van der Waals surface area contributed by atoms with E-state index in [1.165, 1.54) is 24.4 Å². The average Bonchev–Trinajstić information content (AvgIpc) is 3.31. The summed E-state index contributed by atoms with van der Waals surface area (Å²) in [6.07, 6.45) is 2.66. The minimum absolute atomic E-state index is 0.0505. The number of halogens is 1. The molecule has 9 heteroatoms. The van der Waals surface area contributed by atoms with Crippen LogP contribution in [0.2, 0.25) is 0 Å². The number of hydrogen-bond donors (Lipinski definition) is 2. The first-order valence-corrected chi connectivity index (χ1v) is 10.8. The number of aromatic nitrogens is 1. The van der Waals surface area contributed by atoms with Crippen LogP contribution in [-0.4, -0.2) is 34.3 Å². The molecule has 34 heavy (non-hydrogen) atoms. The van der Waals surface area contributed by atoms with Gasteiger partial charge in [-0.25, -0.2) is 14.2 Å². The van der Waals surface area contributed by atoms with Crippen molar-refractivity contribution in [1.82, 2.24) is 20.5 Å². The molecule has 1 atom stereocenters. The number of rotatable bonds is 6. The maximum absolute atomic E-state index is 13.5. The van der Waals surface area contributed by atoms with Crippen LogP contribution in [0, 0.1) is 5.82 Å². The lowest BCUT2D eigenvalue weighted by atomic mass is 9.92. The lowest BCUT2D eigenvalue weighted by Gasteiger charge is -2.22. The number of nitrogens with one attached hydrogen (secondary N) is 2. The van der Waals surface area contributed by atoms with Crippen molar-refractivity contribution in [3.05, 3.63) is 89.4 Å². The zero-order valence-electron chi connectivity index (χ0n) is 18.1. The van der Waals surface area contributed by atoms with Crippen molar-refractivity contribution in [3.8, 4) is 11.6 Å². The third-order valence-corrected chi connectivity index (χ3v) is 6.06. The van der Waals surface area contributed by atoms with Gasteiger partial charge in [0, 0.05) is 24.4 Å².